The molecule has 1 amide bonds. The van der Waals surface area contributed by atoms with Crippen molar-refractivity contribution in [3.8, 4) is 0 Å². The molecule has 4 rings (SSSR count). The number of amides is 1. The number of likely N-dealkylation sites (tertiary alicyclic amines) is 1. The third-order valence-corrected chi connectivity index (χ3v) is 5.56. The molecule has 126 valence electrons. The number of carboxylic acids is 1. The summed E-state index contributed by atoms with van der Waals surface area (Å²) in [5, 5.41) is 10.5. The predicted octanol–water partition coefficient (Wildman–Crippen LogP) is 2.84. The average molecular weight is 326 g/mol. The Bertz CT molecular complexity index is 806. The van der Waals surface area contributed by atoms with E-state index in [2.05, 4.69) is 11.5 Å². The monoisotopic (exact) mass is 326 g/mol. The average Bonchev–Trinajstić information content (AvgIpc) is 3.22. The first-order chi connectivity index (χ1) is 11.6. The number of benzene rings is 1. The number of carbonyl (C=O) groups excluding carboxylic acids is 1. The molecule has 0 spiro atoms. The van der Waals surface area contributed by atoms with Gasteiger partial charge in [-0.1, -0.05) is 18.2 Å². The van der Waals surface area contributed by atoms with Crippen LogP contribution in [0.2, 0.25) is 0 Å². The third-order valence-electron chi connectivity index (χ3n) is 5.56. The van der Waals surface area contributed by atoms with E-state index < -0.39 is 11.9 Å². The van der Waals surface area contributed by atoms with Gasteiger partial charge in [0, 0.05) is 36.7 Å². The summed E-state index contributed by atoms with van der Waals surface area (Å²) in [6, 6.07) is 7.91. The van der Waals surface area contributed by atoms with Gasteiger partial charge in [0.25, 0.3) is 5.91 Å². The van der Waals surface area contributed by atoms with Gasteiger partial charge in [-0.2, -0.15) is 0 Å². The molecule has 1 aromatic heterocycles. The minimum atomic E-state index is -0.766. The van der Waals surface area contributed by atoms with Crippen LogP contribution in [0.3, 0.4) is 0 Å². The second-order valence-electron chi connectivity index (χ2n) is 7.00. The molecule has 1 aliphatic heterocycles. The Kier molecular flexibility index (Phi) is 3.59. The smallest absolute Gasteiger partial charge is 0.308 e. The first-order valence-corrected chi connectivity index (χ1v) is 8.70. The van der Waals surface area contributed by atoms with Gasteiger partial charge in [0.1, 0.15) is 0 Å². The van der Waals surface area contributed by atoms with Gasteiger partial charge < -0.3 is 14.6 Å². The number of aryl methyl sites for hydroxylation is 1. The number of hydrogen-bond acceptors (Lipinski definition) is 2. The van der Waals surface area contributed by atoms with E-state index in [-0.39, 0.29) is 11.8 Å². The quantitative estimate of drug-likeness (QED) is 0.940. The van der Waals surface area contributed by atoms with E-state index in [0.29, 0.717) is 24.6 Å². The lowest BCUT2D eigenvalue weighted by Crippen LogP contribution is -2.29. The molecule has 1 aromatic carbocycles. The normalized spacial score (nSPS) is 23.8. The molecule has 2 atom stereocenters. The number of carbonyl (C=O) groups is 2. The second-order valence-corrected chi connectivity index (χ2v) is 7.00. The molecule has 0 bridgehead atoms. The SMILES string of the molecule is CCn1cc(C(=O)N2C[C@H](C(=O)O)[C@@H](C3CC3)C2)c2ccccc21. The van der Waals surface area contributed by atoms with Crippen molar-refractivity contribution in [1.29, 1.82) is 0 Å². The van der Waals surface area contributed by atoms with Crippen LogP contribution >= 0.6 is 0 Å². The maximum atomic E-state index is 13.1. The summed E-state index contributed by atoms with van der Waals surface area (Å²) < 4.78 is 2.08. The van der Waals surface area contributed by atoms with Crippen molar-refractivity contribution in [2.45, 2.75) is 26.3 Å². The molecule has 2 fully saturated rings. The van der Waals surface area contributed by atoms with Gasteiger partial charge in [0.15, 0.2) is 0 Å². The highest BCUT2D eigenvalue weighted by molar-refractivity contribution is 6.07. The molecule has 1 saturated carbocycles. The summed E-state index contributed by atoms with van der Waals surface area (Å²) in [5.41, 5.74) is 1.74. The highest BCUT2D eigenvalue weighted by Gasteiger charge is 2.47. The van der Waals surface area contributed by atoms with Crippen LogP contribution in [0.1, 0.15) is 30.1 Å². The Morgan fingerprint density at radius 2 is 1.96 bits per heavy atom. The topological polar surface area (TPSA) is 62.5 Å². The van der Waals surface area contributed by atoms with Crippen LogP contribution in [-0.2, 0) is 11.3 Å². The number of rotatable bonds is 4. The number of hydrogen-bond donors (Lipinski definition) is 1. The molecule has 2 aromatic rings. The standard InChI is InChI=1S/C19H22N2O3/c1-2-20-10-15(13-5-3-4-6-17(13)20)18(22)21-9-14(12-7-8-12)16(11-21)19(23)24/h3-6,10,12,14,16H,2,7-9,11H2,1H3,(H,23,24)/t14-,16+/m1/s1. The Labute approximate surface area is 140 Å². The minimum Gasteiger partial charge on any atom is -0.481 e. The minimum absolute atomic E-state index is 0.0344. The van der Waals surface area contributed by atoms with Crippen LogP contribution in [0.25, 0.3) is 10.9 Å². The largest absolute Gasteiger partial charge is 0.481 e. The van der Waals surface area contributed by atoms with E-state index in [0.717, 1.165) is 30.3 Å². The number of carboxylic acid groups (broad SMARTS) is 1. The molecule has 24 heavy (non-hydrogen) atoms. The molecular formula is C19H22N2O3. The van der Waals surface area contributed by atoms with Gasteiger partial charge >= 0.3 is 5.97 Å². The Morgan fingerprint density at radius 3 is 2.62 bits per heavy atom. The predicted molar refractivity (Wildman–Crippen MR) is 90.9 cm³/mol. The van der Waals surface area contributed by atoms with Crippen LogP contribution in [0.15, 0.2) is 30.5 Å². The van der Waals surface area contributed by atoms with Crippen LogP contribution in [0.5, 0.6) is 0 Å². The Hall–Kier alpha value is -2.30. The Balaban J connectivity index is 1.66. The summed E-state index contributed by atoms with van der Waals surface area (Å²) in [4.78, 5) is 26.4. The zero-order chi connectivity index (χ0) is 16.8. The lowest BCUT2D eigenvalue weighted by Gasteiger charge is -2.15. The van der Waals surface area contributed by atoms with Gasteiger partial charge in [0.2, 0.25) is 0 Å². The summed E-state index contributed by atoms with van der Waals surface area (Å²) in [7, 11) is 0. The van der Waals surface area contributed by atoms with Crippen LogP contribution < -0.4 is 0 Å². The number of aliphatic carboxylic acids is 1. The first-order valence-electron chi connectivity index (χ1n) is 8.70. The van der Waals surface area contributed by atoms with Crippen molar-refractivity contribution >= 4 is 22.8 Å². The van der Waals surface area contributed by atoms with E-state index in [1.54, 1.807) is 4.90 Å². The second kappa shape index (κ2) is 5.65. The van der Waals surface area contributed by atoms with E-state index in [1.165, 1.54) is 0 Å². The van der Waals surface area contributed by atoms with E-state index in [9.17, 15) is 14.7 Å². The van der Waals surface area contributed by atoms with Crippen LogP contribution in [0.4, 0.5) is 0 Å². The van der Waals surface area contributed by atoms with Gasteiger partial charge in [0.05, 0.1) is 11.5 Å². The van der Waals surface area contributed by atoms with Crippen LogP contribution in [0, 0.1) is 17.8 Å². The fourth-order valence-corrected chi connectivity index (χ4v) is 4.11. The fraction of sp³-hybridized carbons (Fsp3) is 0.474. The molecule has 5 heteroatoms. The molecule has 5 nitrogen and oxygen atoms in total. The number of nitrogens with zero attached hydrogens (tertiary/aromatic N) is 2. The van der Waals surface area contributed by atoms with Gasteiger partial charge in [-0.3, -0.25) is 9.59 Å². The summed E-state index contributed by atoms with van der Waals surface area (Å²) in [5.74, 6) is -0.612. The zero-order valence-corrected chi connectivity index (χ0v) is 13.8. The highest BCUT2D eigenvalue weighted by atomic mass is 16.4. The van der Waals surface area contributed by atoms with Crippen molar-refractivity contribution < 1.29 is 14.7 Å². The number of fused-ring (bicyclic) bond motifs is 1. The van der Waals surface area contributed by atoms with Gasteiger partial charge in [-0.25, -0.2) is 0 Å². The van der Waals surface area contributed by atoms with Gasteiger partial charge in [-0.05, 0) is 37.7 Å². The fourth-order valence-electron chi connectivity index (χ4n) is 4.11. The molecule has 2 heterocycles. The molecule has 1 saturated heterocycles. The van der Waals surface area contributed by atoms with Gasteiger partial charge in [-0.15, -0.1) is 0 Å². The molecule has 1 N–H and O–H groups in total. The van der Waals surface area contributed by atoms with E-state index in [1.807, 2.05) is 30.5 Å². The van der Waals surface area contributed by atoms with Crippen molar-refractivity contribution in [3.05, 3.63) is 36.0 Å². The Morgan fingerprint density at radius 1 is 1.21 bits per heavy atom. The van der Waals surface area contributed by atoms with Crippen molar-refractivity contribution in [3.63, 3.8) is 0 Å². The van der Waals surface area contributed by atoms with Crippen molar-refractivity contribution in [2.24, 2.45) is 17.8 Å². The molecular weight excluding hydrogens is 304 g/mol. The summed E-state index contributed by atoms with van der Waals surface area (Å²) in [6.45, 7) is 3.77. The lowest BCUT2D eigenvalue weighted by molar-refractivity contribution is -0.142. The van der Waals surface area contributed by atoms with E-state index in [4.69, 9.17) is 0 Å². The summed E-state index contributed by atoms with van der Waals surface area (Å²) in [6.07, 6.45) is 4.12. The maximum Gasteiger partial charge on any atom is 0.308 e. The summed E-state index contributed by atoms with van der Waals surface area (Å²) >= 11 is 0. The van der Waals surface area contributed by atoms with E-state index >= 15 is 0 Å². The third kappa shape index (κ3) is 2.39. The first kappa shape index (κ1) is 15.2. The van der Waals surface area contributed by atoms with Crippen LogP contribution in [-0.4, -0.2) is 39.5 Å². The zero-order valence-electron chi connectivity index (χ0n) is 13.8. The molecule has 0 unspecified atom stereocenters. The molecule has 2 aliphatic rings. The number of para-hydroxylation sites is 1. The molecule has 0 radical (unpaired) electrons. The number of aromatic nitrogens is 1. The maximum absolute atomic E-state index is 13.1. The highest BCUT2D eigenvalue weighted by Crippen LogP contribution is 2.44. The van der Waals surface area contributed by atoms with Crippen molar-refractivity contribution in [2.75, 3.05) is 13.1 Å². The van der Waals surface area contributed by atoms with Crippen molar-refractivity contribution in [1.82, 2.24) is 9.47 Å². The lowest BCUT2D eigenvalue weighted by atomic mass is 9.92. The molecule has 1 aliphatic carbocycles.